The summed E-state index contributed by atoms with van der Waals surface area (Å²) in [6.07, 6.45) is 26.7. The molecule has 234 valence electrons. The highest BCUT2D eigenvalue weighted by Crippen LogP contribution is 2.12. The minimum atomic E-state index is -0.758. The summed E-state index contributed by atoms with van der Waals surface area (Å²) in [5.74, 6) is -0.915. The van der Waals surface area contributed by atoms with Crippen LogP contribution in [0, 0.1) is 0 Å². The highest BCUT2D eigenvalue weighted by Gasteiger charge is 2.19. The molecule has 6 nitrogen and oxygen atoms in total. The zero-order chi connectivity index (χ0) is 29.5. The molecule has 1 unspecified atom stereocenters. The molecule has 0 radical (unpaired) electrons. The summed E-state index contributed by atoms with van der Waals surface area (Å²) in [6.45, 7) is 6.40. The Hall–Kier alpha value is -1.85. The van der Waals surface area contributed by atoms with Gasteiger partial charge in [0.2, 0.25) is 0 Å². The number of esters is 3. The van der Waals surface area contributed by atoms with E-state index in [1.807, 2.05) is 0 Å². The van der Waals surface area contributed by atoms with Gasteiger partial charge >= 0.3 is 17.9 Å². The lowest BCUT2D eigenvalue weighted by molar-refractivity contribution is -0.167. The van der Waals surface area contributed by atoms with E-state index in [-0.39, 0.29) is 31.1 Å². The van der Waals surface area contributed by atoms with E-state index in [9.17, 15) is 14.4 Å². The third-order valence-corrected chi connectivity index (χ3v) is 7.02. The van der Waals surface area contributed by atoms with Gasteiger partial charge in [-0.25, -0.2) is 0 Å². The van der Waals surface area contributed by atoms with Gasteiger partial charge in [-0.1, -0.05) is 123 Å². The topological polar surface area (TPSA) is 78.9 Å². The molecular weight excluding hydrogens is 504 g/mol. The minimum Gasteiger partial charge on any atom is -0.462 e. The van der Waals surface area contributed by atoms with Crippen molar-refractivity contribution in [1.29, 1.82) is 0 Å². The van der Waals surface area contributed by atoms with Crippen LogP contribution >= 0.6 is 0 Å². The van der Waals surface area contributed by atoms with Gasteiger partial charge in [0.1, 0.15) is 13.2 Å². The smallest absolute Gasteiger partial charge is 0.306 e. The van der Waals surface area contributed by atoms with Crippen LogP contribution in [0.2, 0.25) is 0 Å². The zero-order valence-electron chi connectivity index (χ0n) is 26.4. The van der Waals surface area contributed by atoms with Crippen molar-refractivity contribution >= 4 is 17.9 Å². The predicted molar refractivity (Wildman–Crippen MR) is 164 cm³/mol. The number of unbranched alkanes of at least 4 members (excludes halogenated alkanes) is 16. The van der Waals surface area contributed by atoms with Gasteiger partial charge in [-0.3, -0.25) is 14.4 Å². The predicted octanol–water partition coefficient (Wildman–Crippen LogP) is 9.57. The van der Waals surface area contributed by atoms with Gasteiger partial charge in [-0.15, -0.1) is 0 Å². The van der Waals surface area contributed by atoms with Crippen LogP contribution in [0.15, 0.2) is 12.2 Å². The first-order valence-electron chi connectivity index (χ1n) is 16.7. The molecule has 1 atom stereocenters. The Kier molecular flexibility index (Phi) is 28.7. The SMILES string of the molecule is CCCC/C=C\CCCCCCCC(=O)OCC(COC(=O)CCCCCCC)OC(=O)CCCCCCCC. The molecule has 40 heavy (non-hydrogen) atoms. The number of rotatable bonds is 29. The fourth-order valence-corrected chi connectivity index (χ4v) is 4.42. The van der Waals surface area contributed by atoms with Gasteiger partial charge in [0, 0.05) is 19.3 Å². The molecule has 0 spiro atoms. The Morgan fingerprint density at radius 3 is 1.32 bits per heavy atom. The summed E-state index contributed by atoms with van der Waals surface area (Å²) in [6, 6.07) is 0. The first-order valence-corrected chi connectivity index (χ1v) is 16.7. The average molecular weight is 567 g/mol. The first kappa shape index (κ1) is 38.1. The van der Waals surface area contributed by atoms with Crippen molar-refractivity contribution in [2.24, 2.45) is 0 Å². The van der Waals surface area contributed by atoms with Gasteiger partial charge in [-0.2, -0.15) is 0 Å². The monoisotopic (exact) mass is 566 g/mol. The molecule has 0 aromatic carbocycles. The molecule has 6 heteroatoms. The quantitative estimate of drug-likeness (QED) is 0.0388. The molecule has 0 heterocycles. The number of allylic oxidation sites excluding steroid dienone is 2. The fraction of sp³-hybridized carbons (Fsp3) is 0.853. The van der Waals surface area contributed by atoms with Crippen LogP contribution in [0.5, 0.6) is 0 Å². The maximum absolute atomic E-state index is 12.4. The van der Waals surface area contributed by atoms with Crippen molar-refractivity contribution in [2.75, 3.05) is 13.2 Å². The average Bonchev–Trinajstić information content (AvgIpc) is 2.94. The van der Waals surface area contributed by atoms with Crippen LogP contribution in [-0.2, 0) is 28.6 Å². The highest BCUT2D eigenvalue weighted by atomic mass is 16.6. The van der Waals surface area contributed by atoms with Crippen LogP contribution in [0.25, 0.3) is 0 Å². The number of hydrogen-bond donors (Lipinski definition) is 0. The lowest BCUT2D eigenvalue weighted by Crippen LogP contribution is -2.30. The van der Waals surface area contributed by atoms with E-state index in [1.54, 1.807) is 0 Å². The molecule has 0 aliphatic heterocycles. The fourth-order valence-electron chi connectivity index (χ4n) is 4.42. The molecule has 0 bridgehead atoms. The Morgan fingerprint density at radius 1 is 0.475 bits per heavy atom. The molecule has 0 fully saturated rings. The molecule has 0 aromatic heterocycles. The maximum Gasteiger partial charge on any atom is 0.306 e. The van der Waals surface area contributed by atoms with E-state index in [2.05, 4.69) is 32.9 Å². The summed E-state index contributed by atoms with van der Waals surface area (Å²) < 4.78 is 16.3. The molecule has 0 aliphatic rings. The van der Waals surface area contributed by atoms with Crippen LogP contribution in [0.1, 0.15) is 168 Å². The van der Waals surface area contributed by atoms with Gasteiger partial charge in [0.05, 0.1) is 0 Å². The van der Waals surface area contributed by atoms with Crippen LogP contribution in [0.4, 0.5) is 0 Å². The molecule has 0 saturated heterocycles. The van der Waals surface area contributed by atoms with E-state index in [1.165, 1.54) is 57.8 Å². The highest BCUT2D eigenvalue weighted by molar-refractivity contribution is 5.71. The lowest BCUT2D eigenvalue weighted by atomic mass is 10.1. The third kappa shape index (κ3) is 27.7. The van der Waals surface area contributed by atoms with E-state index < -0.39 is 6.10 Å². The number of carbonyl (C=O) groups is 3. The van der Waals surface area contributed by atoms with Crippen molar-refractivity contribution in [1.82, 2.24) is 0 Å². The molecular formula is C34H62O6. The number of ether oxygens (including phenoxy) is 3. The molecule has 0 saturated carbocycles. The van der Waals surface area contributed by atoms with Crippen LogP contribution < -0.4 is 0 Å². The largest absolute Gasteiger partial charge is 0.462 e. The van der Waals surface area contributed by atoms with Crippen molar-refractivity contribution in [3.8, 4) is 0 Å². The second-order valence-electron chi connectivity index (χ2n) is 11.1. The van der Waals surface area contributed by atoms with Crippen molar-refractivity contribution in [3.05, 3.63) is 12.2 Å². The molecule has 0 amide bonds. The van der Waals surface area contributed by atoms with Crippen LogP contribution in [-0.4, -0.2) is 37.2 Å². The summed E-state index contributed by atoms with van der Waals surface area (Å²) in [4.78, 5) is 36.8. The second-order valence-corrected chi connectivity index (χ2v) is 11.1. The molecule has 0 N–H and O–H groups in total. The van der Waals surface area contributed by atoms with Crippen molar-refractivity contribution < 1.29 is 28.6 Å². The Bertz CT molecular complexity index is 630. The summed E-state index contributed by atoms with van der Waals surface area (Å²) in [5, 5.41) is 0. The van der Waals surface area contributed by atoms with E-state index >= 15 is 0 Å². The second kappa shape index (κ2) is 30.1. The summed E-state index contributed by atoms with van der Waals surface area (Å²) >= 11 is 0. The van der Waals surface area contributed by atoms with Gasteiger partial charge in [-0.05, 0) is 38.5 Å². The zero-order valence-corrected chi connectivity index (χ0v) is 26.4. The number of hydrogen-bond acceptors (Lipinski definition) is 6. The van der Waals surface area contributed by atoms with E-state index in [0.29, 0.717) is 19.3 Å². The summed E-state index contributed by atoms with van der Waals surface area (Å²) in [7, 11) is 0. The van der Waals surface area contributed by atoms with Crippen molar-refractivity contribution in [3.63, 3.8) is 0 Å². The lowest BCUT2D eigenvalue weighted by Gasteiger charge is -2.18. The number of carbonyl (C=O) groups excluding carboxylic acids is 3. The molecule has 0 aliphatic carbocycles. The standard InChI is InChI=1S/C34H62O6/c1-4-7-10-13-15-16-17-18-19-22-24-27-33(36)39-30-31(29-38-32(35)26-23-20-12-9-6-3)40-34(37)28-25-21-14-11-8-5-2/h13,15,31H,4-12,14,16-30H2,1-3H3/b15-13-. The van der Waals surface area contributed by atoms with Gasteiger partial charge < -0.3 is 14.2 Å². The Balaban J connectivity index is 4.29. The van der Waals surface area contributed by atoms with Crippen LogP contribution in [0.3, 0.4) is 0 Å². The Morgan fingerprint density at radius 2 is 0.850 bits per heavy atom. The third-order valence-electron chi connectivity index (χ3n) is 7.02. The van der Waals surface area contributed by atoms with E-state index in [0.717, 1.165) is 70.6 Å². The maximum atomic E-state index is 12.4. The van der Waals surface area contributed by atoms with E-state index in [4.69, 9.17) is 14.2 Å². The Labute approximate surface area is 246 Å². The molecule has 0 rings (SSSR count). The summed E-state index contributed by atoms with van der Waals surface area (Å²) in [5.41, 5.74) is 0. The minimum absolute atomic E-state index is 0.0732. The first-order chi connectivity index (χ1) is 19.5. The van der Waals surface area contributed by atoms with Gasteiger partial charge in [0.15, 0.2) is 6.10 Å². The normalized spacial score (nSPS) is 12.0. The molecule has 0 aromatic rings. The van der Waals surface area contributed by atoms with Gasteiger partial charge in [0.25, 0.3) is 0 Å². The van der Waals surface area contributed by atoms with Crippen molar-refractivity contribution in [2.45, 2.75) is 175 Å².